The maximum absolute atomic E-state index is 12.9. The minimum absolute atomic E-state index is 0.0476. The second-order valence-electron chi connectivity index (χ2n) is 7.63. The van der Waals surface area contributed by atoms with Crippen molar-refractivity contribution >= 4 is 5.78 Å². The molecule has 2 aliphatic carbocycles. The third-order valence-corrected chi connectivity index (χ3v) is 6.37. The maximum Gasteiger partial charge on any atom is 0.165 e. The number of rotatable bonds is 4. The number of aliphatic hydroxyl groups excluding tert-OH is 3. The summed E-state index contributed by atoms with van der Waals surface area (Å²) in [5, 5.41) is 29.6. The number of hydrogen-bond acceptors (Lipinski definition) is 4. The van der Waals surface area contributed by atoms with Crippen LogP contribution < -0.4 is 0 Å². The van der Waals surface area contributed by atoms with Gasteiger partial charge in [0.05, 0.1) is 18.5 Å². The van der Waals surface area contributed by atoms with Crippen LogP contribution in [0.5, 0.6) is 0 Å². The van der Waals surface area contributed by atoms with Crippen molar-refractivity contribution in [1.29, 1.82) is 0 Å². The summed E-state index contributed by atoms with van der Waals surface area (Å²) in [7, 11) is 0. The highest BCUT2D eigenvalue weighted by Gasteiger charge is 2.57. The van der Waals surface area contributed by atoms with Crippen LogP contribution in [-0.4, -0.2) is 33.3 Å². The average molecular weight is 322 g/mol. The summed E-state index contributed by atoms with van der Waals surface area (Å²) < 4.78 is 0. The quantitative estimate of drug-likeness (QED) is 0.422. The van der Waals surface area contributed by atoms with Crippen molar-refractivity contribution in [2.75, 3.05) is 0 Å². The van der Waals surface area contributed by atoms with E-state index in [9.17, 15) is 15.0 Å². The number of carbonyl (C=O) groups excluding carboxylic acids is 1. The van der Waals surface area contributed by atoms with Gasteiger partial charge in [0, 0.05) is 17.4 Å². The van der Waals surface area contributed by atoms with E-state index in [1.54, 1.807) is 0 Å². The molecule has 2 aliphatic rings. The summed E-state index contributed by atoms with van der Waals surface area (Å²) in [6.07, 6.45) is 5.98. The van der Waals surface area contributed by atoms with Gasteiger partial charge in [-0.2, -0.15) is 0 Å². The van der Waals surface area contributed by atoms with Crippen molar-refractivity contribution in [3.63, 3.8) is 0 Å². The van der Waals surface area contributed by atoms with Crippen molar-refractivity contribution in [2.45, 2.75) is 52.7 Å². The minimum atomic E-state index is -0.837. The smallest absolute Gasteiger partial charge is 0.165 e. The van der Waals surface area contributed by atoms with Crippen molar-refractivity contribution in [1.82, 2.24) is 0 Å². The van der Waals surface area contributed by atoms with E-state index < -0.39 is 17.6 Å². The van der Waals surface area contributed by atoms with Crippen molar-refractivity contribution in [2.24, 2.45) is 35.0 Å². The van der Waals surface area contributed by atoms with E-state index in [0.717, 1.165) is 12.7 Å². The molecule has 1 saturated carbocycles. The molecule has 0 spiro atoms. The van der Waals surface area contributed by atoms with E-state index in [4.69, 9.17) is 5.11 Å². The van der Waals surface area contributed by atoms with Crippen LogP contribution in [0.15, 0.2) is 24.5 Å². The normalized spacial score (nSPS) is 45.0. The zero-order valence-corrected chi connectivity index (χ0v) is 14.5. The third kappa shape index (κ3) is 2.87. The lowest BCUT2D eigenvalue weighted by atomic mass is 9.49. The zero-order valence-electron chi connectivity index (χ0n) is 14.5. The van der Waals surface area contributed by atoms with Gasteiger partial charge in [-0.25, -0.2) is 0 Å². The molecule has 0 saturated heterocycles. The lowest BCUT2D eigenvalue weighted by molar-refractivity contribution is -0.149. The third-order valence-electron chi connectivity index (χ3n) is 6.37. The average Bonchev–Trinajstić information content (AvgIpc) is 2.51. The standard InChI is InChI=1S/C19H30O4/c1-5-11(2)14-7-6-13-17(12(3)10-15(21)18(13)23)19(14,4)16(22)8-9-20/h6-9,11-15,17-18,20-21,23H,5,10H2,1-4H3/b9-8+/t11-,12-,13-,14-,15-,17+,18+,19-/m1/s1. The van der Waals surface area contributed by atoms with Crippen LogP contribution in [0, 0.1) is 35.0 Å². The number of carbonyl (C=O) groups is 1. The maximum atomic E-state index is 12.9. The molecule has 3 N–H and O–H groups in total. The molecule has 0 heterocycles. The molecule has 4 heteroatoms. The second-order valence-corrected chi connectivity index (χ2v) is 7.63. The highest BCUT2D eigenvalue weighted by molar-refractivity contribution is 5.95. The summed E-state index contributed by atoms with van der Waals surface area (Å²) in [6, 6.07) is 0. The van der Waals surface area contributed by atoms with E-state index in [0.29, 0.717) is 12.3 Å². The van der Waals surface area contributed by atoms with Gasteiger partial charge in [-0.15, -0.1) is 0 Å². The Kier molecular flexibility index (Phi) is 5.37. The molecular formula is C19H30O4. The van der Waals surface area contributed by atoms with E-state index in [2.05, 4.69) is 13.8 Å². The fourth-order valence-corrected chi connectivity index (χ4v) is 5.02. The van der Waals surface area contributed by atoms with Gasteiger partial charge in [-0.05, 0) is 30.1 Å². The minimum Gasteiger partial charge on any atom is -0.515 e. The summed E-state index contributed by atoms with van der Waals surface area (Å²) in [6.45, 7) is 8.27. The Morgan fingerprint density at radius 2 is 2.04 bits per heavy atom. The molecule has 2 rings (SSSR count). The van der Waals surface area contributed by atoms with Gasteiger partial charge in [-0.1, -0.05) is 46.3 Å². The van der Waals surface area contributed by atoms with Crippen LogP contribution in [0.3, 0.4) is 0 Å². The lowest BCUT2D eigenvalue weighted by Gasteiger charge is -2.55. The van der Waals surface area contributed by atoms with Crippen LogP contribution in [0.4, 0.5) is 0 Å². The molecule has 0 amide bonds. The molecular weight excluding hydrogens is 292 g/mol. The van der Waals surface area contributed by atoms with Crippen LogP contribution in [0.2, 0.25) is 0 Å². The van der Waals surface area contributed by atoms with E-state index in [1.807, 2.05) is 26.0 Å². The molecule has 1 fully saturated rings. The number of fused-ring (bicyclic) bond motifs is 1. The fourth-order valence-electron chi connectivity index (χ4n) is 5.02. The molecule has 8 atom stereocenters. The first-order valence-electron chi connectivity index (χ1n) is 8.68. The molecule has 0 bridgehead atoms. The van der Waals surface area contributed by atoms with Crippen LogP contribution >= 0.6 is 0 Å². The summed E-state index contributed by atoms with van der Waals surface area (Å²) in [4.78, 5) is 12.9. The topological polar surface area (TPSA) is 77.8 Å². The van der Waals surface area contributed by atoms with Crippen LogP contribution in [0.1, 0.15) is 40.5 Å². The van der Waals surface area contributed by atoms with Gasteiger partial charge < -0.3 is 15.3 Å². The molecule has 0 radical (unpaired) electrons. The largest absolute Gasteiger partial charge is 0.515 e. The summed E-state index contributed by atoms with van der Waals surface area (Å²) in [5.74, 6) is 0.131. The molecule has 130 valence electrons. The van der Waals surface area contributed by atoms with Crippen LogP contribution in [0.25, 0.3) is 0 Å². The van der Waals surface area contributed by atoms with Crippen LogP contribution in [-0.2, 0) is 4.79 Å². The highest BCUT2D eigenvalue weighted by atomic mass is 16.3. The molecule has 0 aromatic heterocycles. The van der Waals surface area contributed by atoms with Gasteiger partial charge in [0.2, 0.25) is 0 Å². The van der Waals surface area contributed by atoms with Crippen molar-refractivity contribution in [3.8, 4) is 0 Å². The molecule has 0 aromatic carbocycles. The van der Waals surface area contributed by atoms with Crippen molar-refractivity contribution in [3.05, 3.63) is 24.5 Å². The van der Waals surface area contributed by atoms with Gasteiger partial charge in [0.15, 0.2) is 5.78 Å². The SMILES string of the molecule is CC[C@@H](C)[C@H]1C=C[C@H]2[C@H](O)[C@H](O)C[C@@H](C)[C@@H]2[C@@]1(C)C(=O)/C=C/O. The van der Waals surface area contributed by atoms with E-state index in [-0.39, 0.29) is 29.5 Å². The Hall–Kier alpha value is -1.13. The lowest BCUT2D eigenvalue weighted by Crippen LogP contribution is -2.57. The van der Waals surface area contributed by atoms with Gasteiger partial charge in [0.25, 0.3) is 0 Å². The molecule has 0 aromatic rings. The zero-order chi connectivity index (χ0) is 17.4. The molecule has 0 aliphatic heterocycles. The van der Waals surface area contributed by atoms with Gasteiger partial charge in [0.1, 0.15) is 0 Å². The van der Waals surface area contributed by atoms with Gasteiger partial charge in [-0.3, -0.25) is 4.79 Å². The Morgan fingerprint density at radius 3 is 2.61 bits per heavy atom. The highest BCUT2D eigenvalue weighted by Crippen LogP contribution is 2.55. The molecule has 0 unspecified atom stereocenters. The van der Waals surface area contributed by atoms with Gasteiger partial charge >= 0.3 is 0 Å². The molecule has 23 heavy (non-hydrogen) atoms. The monoisotopic (exact) mass is 322 g/mol. The number of ketones is 1. The first-order chi connectivity index (χ1) is 10.8. The first kappa shape index (κ1) is 18.2. The fraction of sp³-hybridized carbons (Fsp3) is 0.737. The number of allylic oxidation sites excluding steroid dienone is 2. The number of aliphatic hydroxyl groups is 3. The van der Waals surface area contributed by atoms with Crippen molar-refractivity contribution < 1.29 is 20.1 Å². The second kappa shape index (κ2) is 6.78. The van der Waals surface area contributed by atoms with E-state index >= 15 is 0 Å². The van der Waals surface area contributed by atoms with E-state index in [1.165, 1.54) is 6.08 Å². The number of hydrogen-bond donors (Lipinski definition) is 3. The molecule has 4 nitrogen and oxygen atoms in total. The Bertz CT molecular complexity index is 498. The summed E-state index contributed by atoms with van der Waals surface area (Å²) in [5.41, 5.74) is -0.686. The first-order valence-corrected chi connectivity index (χ1v) is 8.68. The summed E-state index contributed by atoms with van der Waals surface area (Å²) >= 11 is 0. The Balaban J connectivity index is 2.55. The Labute approximate surface area is 138 Å². The Morgan fingerprint density at radius 1 is 1.39 bits per heavy atom. The predicted molar refractivity (Wildman–Crippen MR) is 89.7 cm³/mol. The predicted octanol–water partition coefficient (Wildman–Crippen LogP) is 2.86.